The molecule has 1 aromatic carbocycles. The lowest BCUT2D eigenvalue weighted by Gasteiger charge is -2.36. The fraction of sp³-hybridized carbons (Fsp3) is 0.571. The summed E-state index contributed by atoms with van der Waals surface area (Å²) >= 11 is 6.00. The van der Waals surface area contributed by atoms with Gasteiger partial charge in [-0.1, -0.05) is 11.6 Å². The molecule has 0 bridgehead atoms. The van der Waals surface area contributed by atoms with Gasteiger partial charge in [0.15, 0.2) is 0 Å². The molecule has 1 fully saturated rings. The zero-order valence-electron chi connectivity index (χ0n) is 11.0. The molecule has 0 aromatic heterocycles. The summed E-state index contributed by atoms with van der Waals surface area (Å²) in [6.07, 6.45) is 1.10. The number of aryl methyl sites for hydroxylation is 1. The van der Waals surface area contributed by atoms with E-state index in [1.54, 1.807) is 0 Å². The Bertz CT molecular complexity index is 387. The first-order valence-corrected chi connectivity index (χ1v) is 7.02. The highest BCUT2D eigenvalue weighted by Gasteiger charge is 2.17. The van der Waals surface area contributed by atoms with Gasteiger partial charge in [0.1, 0.15) is 0 Å². The lowest BCUT2D eigenvalue weighted by molar-refractivity contribution is 0.256. The van der Waals surface area contributed by atoms with Crippen molar-refractivity contribution in [2.75, 3.05) is 44.2 Å². The topological polar surface area (TPSA) is 32.5 Å². The van der Waals surface area contributed by atoms with E-state index in [0.717, 1.165) is 50.7 Å². The number of halogens is 1. The molecule has 3 nitrogen and oxygen atoms in total. The van der Waals surface area contributed by atoms with Crippen molar-refractivity contribution in [3.05, 3.63) is 28.8 Å². The SMILES string of the molecule is Cc1cc(Cl)ccc1N1CCN(CCCN)CC1. The third-order valence-electron chi connectivity index (χ3n) is 3.55. The number of hydrogen-bond donors (Lipinski definition) is 1. The Labute approximate surface area is 115 Å². The van der Waals surface area contributed by atoms with Gasteiger partial charge in [-0.2, -0.15) is 0 Å². The van der Waals surface area contributed by atoms with Crippen LogP contribution in [0.2, 0.25) is 5.02 Å². The molecule has 1 aliphatic rings. The molecule has 2 rings (SSSR count). The van der Waals surface area contributed by atoms with E-state index in [0.29, 0.717) is 0 Å². The van der Waals surface area contributed by atoms with E-state index < -0.39 is 0 Å². The second-order valence-corrected chi connectivity index (χ2v) is 5.34. The summed E-state index contributed by atoms with van der Waals surface area (Å²) in [7, 11) is 0. The third kappa shape index (κ3) is 3.37. The van der Waals surface area contributed by atoms with Gasteiger partial charge in [0.2, 0.25) is 0 Å². The summed E-state index contributed by atoms with van der Waals surface area (Å²) in [4.78, 5) is 4.94. The minimum Gasteiger partial charge on any atom is -0.369 e. The Hall–Kier alpha value is -0.770. The van der Waals surface area contributed by atoms with E-state index in [2.05, 4.69) is 22.8 Å². The summed E-state index contributed by atoms with van der Waals surface area (Å²) in [5, 5.41) is 0.817. The van der Waals surface area contributed by atoms with Gasteiger partial charge < -0.3 is 10.6 Å². The van der Waals surface area contributed by atoms with Gasteiger partial charge >= 0.3 is 0 Å². The highest BCUT2D eigenvalue weighted by molar-refractivity contribution is 6.30. The van der Waals surface area contributed by atoms with Crippen molar-refractivity contribution in [2.24, 2.45) is 5.73 Å². The number of anilines is 1. The smallest absolute Gasteiger partial charge is 0.0410 e. The zero-order chi connectivity index (χ0) is 13.0. The molecule has 1 heterocycles. The molecule has 0 spiro atoms. The maximum atomic E-state index is 6.00. The second kappa shape index (κ2) is 6.41. The maximum Gasteiger partial charge on any atom is 0.0410 e. The first-order chi connectivity index (χ1) is 8.70. The van der Waals surface area contributed by atoms with Crippen LogP contribution in [0, 0.1) is 6.92 Å². The second-order valence-electron chi connectivity index (χ2n) is 4.90. The van der Waals surface area contributed by atoms with E-state index in [4.69, 9.17) is 17.3 Å². The van der Waals surface area contributed by atoms with Gasteiger partial charge in [-0.25, -0.2) is 0 Å². The minimum atomic E-state index is 0.788. The number of benzene rings is 1. The first-order valence-electron chi connectivity index (χ1n) is 6.64. The van der Waals surface area contributed by atoms with E-state index >= 15 is 0 Å². The molecule has 2 N–H and O–H groups in total. The lowest BCUT2D eigenvalue weighted by atomic mass is 10.1. The molecule has 0 amide bonds. The van der Waals surface area contributed by atoms with Crippen LogP contribution in [0.5, 0.6) is 0 Å². The quantitative estimate of drug-likeness (QED) is 0.907. The highest BCUT2D eigenvalue weighted by atomic mass is 35.5. The molecule has 0 aliphatic carbocycles. The first kappa shape index (κ1) is 13.7. The molecule has 1 aromatic rings. The Kier molecular flexibility index (Phi) is 4.87. The minimum absolute atomic E-state index is 0.788. The van der Waals surface area contributed by atoms with Crippen molar-refractivity contribution >= 4 is 17.3 Å². The van der Waals surface area contributed by atoms with Crippen LogP contribution in [0.15, 0.2) is 18.2 Å². The number of hydrogen-bond acceptors (Lipinski definition) is 3. The van der Waals surface area contributed by atoms with Gasteiger partial charge in [0, 0.05) is 36.9 Å². The maximum absolute atomic E-state index is 6.00. The molecular formula is C14H22ClN3. The van der Waals surface area contributed by atoms with Crippen molar-refractivity contribution in [3.8, 4) is 0 Å². The third-order valence-corrected chi connectivity index (χ3v) is 3.79. The van der Waals surface area contributed by atoms with Crippen molar-refractivity contribution in [3.63, 3.8) is 0 Å². The average molecular weight is 268 g/mol. The van der Waals surface area contributed by atoms with Gasteiger partial charge in [-0.15, -0.1) is 0 Å². The zero-order valence-corrected chi connectivity index (χ0v) is 11.8. The van der Waals surface area contributed by atoms with Crippen LogP contribution in [-0.2, 0) is 0 Å². The Morgan fingerprint density at radius 2 is 1.94 bits per heavy atom. The molecule has 18 heavy (non-hydrogen) atoms. The summed E-state index contributed by atoms with van der Waals surface area (Å²) in [6.45, 7) is 8.48. The van der Waals surface area contributed by atoms with E-state index in [1.165, 1.54) is 11.3 Å². The van der Waals surface area contributed by atoms with Gasteiger partial charge in [-0.05, 0) is 50.2 Å². The molecule has 1 aliphatic heterocycles. The number of rotatable bonds is 4. The molecule has 1 saturated heterocycles. The molecule has 100 valence electrons. The number of piperazine rings is 1. The molecule has 4 heteroatoms. The van der Waals surface area contributed by atoms with Crippen LogP contribution in [0.25, 0.3) is 0 Å². The monoisotopic (exact) mass is 267 g/mol. The fourth-order valence-corrected chi connectivity index (χ4v) is 2.73. The van der Waals surface area contributed by atoms with Gasteiger partial charge in [0.05, 0.1) is 0 Å². The Morgan fingerprint density at radius 1 is 1.22 bits per heavy atom. The molecule has 0 atom stereocenters. The van der Waals surface area contributed by atoms with Crippen LogP contribution in [0.1, 0.15) is 12.0 Å². The summed E-state index contributed by atoms with van der Waals surface area (Å²) in [6, 6.07) is 6.15. The van der Waals surface area contributed by atoms with Gasteiger partial charge in [0.25, 0.3) is 0 Å². The average Bonchev–Trinajstić information content (AvgIpc) is 2.37. The molecule has 0 saturated carbocycles. The van der Waals surface area contributed by atoms with Crippen molar-refractivity contribution in [1.29, 1.82) is 0 Å². The van der Waals surface area contributed by atoms with E-state index in [-0.39, 0.29) is 0 Å². The highest BCUT2D eigenvalue weighted by Crippen LogP contribution is 2.24. The van der Waals surface area contributed by atoms with Crippen LogP contribution in [0.4, 0.5) is 5.69 Å². The largest absolute Gasteiger partial charge is 0.369 e. The van der Waals surface area contributed by atoms with Crippen LogP contribution in [-0.4, -0.2) is 44.2 Å². The summed E-state index contributed by atoms with van der Waals surface area (Å²) in [5.74, 6) is 0. The molecular weight excluding hydrogens is 246 g/mol. The predicted molar refractivity (Wildman–Crippen MR) is 78.5 cm³/mol. The Morgan fingerprint density at radius 3 is 2.56 bits per heavy atom. The molecule has 0 unspecified atom stereocenters. The molecule has 0 radical (unpaired) electrons. The van der Waals surface area contributed by atoms with Crippen LogP contribution < -0.4 is 10.6 Å². The normalized spacial score (nSPS) is 17.2. The Balaban J connectivity index is 1.93. The van der Waals surface area contributed by atoms with Crippen LogP contribution >= 0.6 is 11.6 Å². The van der Waals surface area contributed by atoms with E-state index in [1.807, 2.05) is 12.1 Å². The van der Waals surface area contributed by atoms with Crippen molar-refractivity contribution in [2.45, 2.75) is 13.3 Å². The number of nitrogens with two attached hydrogens (primary N) is 1. The van der Waals surface area contributed by atoms with Crippen LogP contribution in [0.3, 0.4) is 0 Å². The number of nitrogens with zero attached hydrogens (tertiary/aromatic N) is 2. The van der Waals surface area contributed by atoms with E-state index in [9.17, 15) is 0 Å². The van der Waals surface area contributed by atoms with Crippen molar-refractivity contribution in [1.82, 2.24) is 4.90 Å². The fourth-order valence-electron chi connectivity index (χ4n) is 2.50. The predicted octanol–water partition coefficient (Wildman–Crippen LogP) is 2.12. The van der Waals surface area contributed by atoms with Crippen molar-refractivity contribution < 1.29 is 0 Å². The van der Waals surface area contributed by atoms with Gasteiger partial charge in [-0.3, -0.25) is 4.90 Å². The standard InChI is InChI=1S/C14H22ClN3/c1-12-11-13(15)3-4-14(12)18-9-7-17(8-10-18)6-2-5-16/h3-4,11H,2,5-10,16H2,1H3. The lowest BCUT2D eigenvalue weighted by Crippen LogP contribution is -2.47. The summed E-state index contributed by atoms with van der Waals surface area (Å²) < 4.78 is 0. The summed E-state index contributed by atoms with van der Waals surface area (Å²) in [5.41, 5.74) is 8.13.